The number of rotatable bonds is 6. The topological polar surface area (TPSA) is 87.0 Å². The molecule has 5 heteroatoms. The summed E-state index contributed by atoms with van der Waals surface area (Å²) in [4.78, 5) is 12.6. The van der Waals surface area contributed by atoms with E-state index in [9.17, 15) is 20.1 Å². The average Bonchev–Trinajstić information content (AvgIpc) is 2.67. The number of phenols is 3. The van der Waals surface area contributed by atoms with Gasteiger partial charge in [0.1, 0.15) is 28.6 Å². The van der Waals surface area contributed by atoms with Crippen LogP contribution in [0.4, 0.5) is 0 Å². The molecule has 0 radical (unpaired) electrons. The highest BCUT2D eigenvalue weighted by Crippen LogP contribution is 2.38. The van der Waals surface area contributed by atoms with E-state index in [0.717, 1.165) is 12.8 Å². The van der Waals surface area contributed by atoms with Gasteiger partial charge in [0.2, 0.25) is 0 Å². The summed E-state index contributed by atoms with van der Waals surface area (Å²) in [6, 6.07) is 7.09. The van der Waals surface area contributed by atoms with Crippen molar-refractivity contribution in [2.75, 3.05) is 0 Å². The molecule has 1 atom stereocenters. The lowest BCUT2D eigenvalue weighted by Crippen LogP contribution is -2.31. The molecule has 1 aliphatic heterocycles. The predicted octanol–water partition coefficient (Wildman–Crippen LogP) is 5.61. The summed E-state index contributed by atoms with van der Waals surface area (Å²) in [5.41, 5.74) is 1.92. The molecule has 0 amide bonds. The Morgan fingerprint density at radius 2 is 1.87 bits per heavy atom. The maximum absolute atomic E-state index is 12.6. The summed E-state index contributed by atoms with van der Waals surface area (Å²) in [6.07, 6.45) is 10.4. The average molecular weight is 406 g/mol. The van der Waals surface area contributed by atoms with Gasteiger partial charge in [-0.15, -0.1) is 0 Å². The molecule has 0 bridgehead atoms. The van der Waals surface area contributed by atoms with E-state index < -0.39 is 11.4 Å². The van der Waals surface area contributed by atoms with Crippen LogP contribution in [0, 0.1) is 0 Å². The number of aromatic hydroxyl groups is 3. The van der Waals surface area contributed by atoms with Gasteiger partial charge in [-0.3, -0.25) is 4.79 Å². The van der Waals surface area contributed by atoms with Crippen LogP contribution in [0.5, 0.6) is 23.0 Å². The van der Waals surface area contributed by atoms with Crippen LogP contribution in [0.15, 0.2) is 54.1 Å². The highest BCUT2D eigenvalue weighted by atomic mass is 16.5. The fourth-order valence-electron chi connectivity index (χ4n) is 3.27. The maximum Gasteiger partial charge on any atom is 0.189 e. The molecule has 0 unspecified atom stereocenters. The number of ether oxygens (including phenoxy) is 1. The van der Waals surface area contributed by atoms with E-state index in [0.29, 0.717) is 16.9 Å². The first-order valence-electron chi connectivity index (χ1n) is 9.80. The predicted molar refractivity (Wildman–Crippen MR) is 118 cm³/mol. The fourth-order valence-corrected chi connectivity index (χ4v) is 3.27. The second-order valence-corrected chi connectivity index (χ2v) is 7.92. The monoisotopic (exact) mass is 406 g/mol. The van der Waals surface area contributed by atoms with Crippen molar-refractivity contribution in [3.8, 4) is 23.0 Å². The molecule has 2 aromatic carbocycles. The molecule has 0 spiro atoms. The number of carbonyl (C=O) groups excluding carboxylic acids is 1. The van der Waals surface area contributed by atoms with E-state index in [-0.39, 0.29) is 22.8 Å². The number of benzene rings is 2. The largest absolute Gasteiger partial charge is 0.508 e. The van der Waals surface area contributed by atoms with Crippen LogP contribution >= 0.6 is 0 Å². The molecular formula is C25H26O5. The second kappa shape index (κ2) is 8.49. The Morgan fingerprint density at radius 3 is 2.60 bits per heavy atom. The van der Waals surface area contributed by atoms with Crippen molar-refractivity contribution in [3.05, 3.63) is 70.8 Å². The minimum atomic E-state index is -0.482. The molecule has 0 saturated heterocycles. The lowest BCUT2D eigenvalue weighted by Gasteiger charge is -2.31. The third-order valence-corrected chi connectivity index (χ3v) is 4.97. The summed E-state index contributed by atoms with van der Waals surface area (Å²) in [5, 5.41) is 29.7. The lowest BCUT2D eigenvalue weighted by molar-refractivity contribution is 0.104. The van der Waals surface area contributed by atoms with Crippen molar-refractivity contribution in [1.29, 1.82) is 0 Å². The molecule has 1 heterocycles. The Labute approximate surface area is 176 Å². The highest BCUT2D eigenvalue weighted by molar-refractivity contribution is 6.09. The van der Waals surface area contributed by atoms with Crippen molar-refractivity contribution >= 4 is 17.9 Å². The van der Waals surface area contributed by atoms with E-state index >= 15 is 0 Å². The van der Waals surface area contributed by atoms with Gasteiger partial charge in [-0.1, -0.05) is 17.7 Å². The Balaban J connectivity index is 1.81. The Bertz CT molecular complexity index is 1060. The highest BCUT2D eigenvalue weighted by Gasteiger charge is 2.28. The van der Waals surface area contributed by atoms with Gasteiger partial charge < -0.3 is 20.1 Å². The third-order valence-electron chi connectivity index (χ3n) is 4.97. The quantitative estimate of drug-likeness (QED) is 0.251. The SMILES string of the molecule is CC(C)=CCC[C@]1(C)C=Cc2cc(C(=O)C=Cc3cc(O)ccc3O)c(O)cc2O1. The number of carbonyl (C=O) groups is 1. The number of fused-ring (bicyclic) bond motifs is 1. The normalized spacial score (nSPS) is 17.4. The Morgan fingerprint density at radius 1 is 1.10 bits per heavy atom. The maximum atomic E-state index is 12.6. The molecule has 3 N–H and O–H groups in total. The minimum absolute atomic E-state index is 0.0218. The first kappa shape index (κ1) is 21.2. The Kier molecular flexibility index (Phi) is 6.01. The number of hydrogen-bond donors (Lipinski definition) is 3. The van der Waals surface area contributed by atoms with Gasteiger partial charge in [-0.25, -0.2) is 0 Å². The summed E-state index contributed by atoms with van der Waals surface area (Å²) in [5.74, 6) is -0.156. The first-order chi connectivity index (χ1) is 14.2. The summed E-state index contributed by atoms with van der Waals surface area (Å²) in [6.45, 7) is 6.11. The summed E-state index contributed by atoms with van der Waals surface area (Å²) in [7, 11) is 0. The number of ketones is 1. The zero-order chi connectivity index (χ0) is 21.9. The molecule has 5 nitrogen and oxygen atoms in total. The third kappa shape index (κ3) is 4.92. The van der Waals surface area contributed by atoms with Crippen LogP contribution < -0.4 is 4.74 Å². The van der Waals surface area contributed by atoms with E-state index in [1.807, 2.05) is 19.1 Å². The van der Waals surface area contributed by atoms with Crippen LogP contribution in [-0.2, 0) is 0 Å². The van der Waals surface area contributed by atoms with Gasteiger partial charge in [-0.05, 0) is 76.1 Å². The molecule has 0 aliphatic carbocycles. The van der Waals surface area contributed by atoms with Gasteiger partial charge >= 0.3 is 0 Å². The smallest absolute Gasteiger partial charge is 0.189 e. The van der Waals surface area contributed by atoms with Gasteiger partial charge in [0.05, 0.1) is 5.56 Å². The van der Waals surface area contributed by atoms with Crippen molar-refractivity contribution < 1.29 is 24.9 Å². The molecule has 3 rings (SSSR count). The molecule has 1 aliphatic rings. The van der Waals surface area contributed by atoms with E-state index in [2.05, 4.69) is 19.9 Å². The van der Waals surface area contributed by atoms with Crippen molar-refractivity contribution in [1.82, 2.24) is 0 Å². The number of phenolic OH excluding ortho intramolecular Hbond substituents is 3. The Hall–Kier alpha value is -3.47. The molecule has 156 valence electrons. The second-order valence-electron chi connectivity index (χ2n) is 7.92. The van der Waals surface area contributed by atoms with Crippen LogP contribution in [0.25, 0.3) is 12.2 Å². The standard InChI is InChI=1S/C25H26O5/c1-16(2)5-4-11-25(3)12-10-18-14-20(23(29)15-24(18)30-25)22(28)8-6-17-13-19(26)7-9-21(17)27/h5-10,12-15,26-27,29H,4,11H2,1-3H3/t25-/m1/s1. The van der Waals surface area contributed by atoms with Crippen LogP contribution in [0.2, 0.25) is 0 Å². The van der Waals surface area contributed by atoms with Crippen molar-refractivity contribution in [2.45, 2.75) is 39.2 Å². The molecule has 0 fully saturated rings. The minimum Gasteiger partial charge on any atom is -0.508 e. The fraction of sp³-hybridized carbons (Fsp3) is 0.240. The summed E-state index contributed by atoms with van der Waals surface area (Å²) >= 11 is 0. The lowest BCUT2D eigenvalue weighted by atomic mass is 9.93. The van der Waals surface area contributed by atoms with Crippen LogP contribution in [-0.4, -0.2) is 26.7 Å². The van der Waals surface area contributed by atoms with Gasteiger partial charge in [-0.2, -0.15) is 0 Å². The number of hydrogen-bond acceptors (Lipinski definition) is 5. The molecular weight excluding hydrogens is 380 g/mol. The number of allylic oxidation sites excluding steroid dienone is 3. The van der Waals surface area contributed by atoms with Crippen LogP contribution in [0.1, 0.15) is 55.1 Å². The van der Waals surface area contributed by atoms with Gasteiger partial charge in [0, 0.05) is 17.2 Å². The molecule has 2 aromatic rings. The molecule has 30 heavy (non-hydrogen) atoms. The van der Waals surface area contributed by atoms with Crippen LogP contribution in [0.3, 0.4) is 0 Å². The zero-order valence-electron chi connectivity index (χ0n) is 17.3. The first-order valence-corrected chi connectivity index (χ1v) is 9.80. The van der Waals surface area contributed by atoms with Crippen molar-refractivity contribution in [3.63, 3.8) is 0 Å². The van der Waals surface area contributed by atoms with E-state index in [4.69, 9.17) is 4.74 Å². The summed E-state index contributed by atoms with van der Waals surface area (Å²) < 4.78 is 6.11. The van der Waals surface area contributed by atoms with Gasteiger partial charge in [0.15, 0.2) is 5.78 Å². The van der Waals surface area contributed by atoms with Crippen molar-refractivity contribution in [2.24, 2.45) is 0 Å². The molecule has 0 aromatic heterocycles. The zero-order valence-corrected chi connectivity index (χ0v) is 17.3. The van der Waals surface area contributed by atoms with Gasteiger partial charge in [0.25, 0.3) is 0 Å². The van der Waals surface area contributed by atoms with E-state index in [1.54, 1.807) is 6.07 Å². The molecule has 0 saturated carbocycles. The van der Waals surface area contributed by atoms with E-state index in [1.165, 1.54) is 42.0 Å².